The summed E-state index contributed by atoms with van der Waals surface area (Å²) < 4.78 is 35.0. The minimum absolute atomic E-state index is 0.0884. The number of hydrogen-bond acceptors (Lipinski definition) is 8. The SMILES string of the molecule is Cc1cc(Nc2ccc(-c3cnc(C4CCC(NC(=O)OC(C)C)CC4)s3)c(S(=O)(=O)NC(C)(C)C)c2)n[nH]1. The van der Waals surface area contributed by atoms with Gasteiger partial charge < -0.3 is 15.4 Å². The highest BCUT2D eigenvalue weighted by Gasteiger charge is 2.29. The molecule has 4 rings (SSSR count). The fourth-order valence-electron chi connectivity index (χ4n) is 4.61. The van der Waals surface area contributed by atoms with Gasteiger partial charge in [0.1, 0.15) is 0 Å². The van der Waals surface area contributed by atoms with Gasteiger partial charge in [-0.25, -0.2) is 22.9 Å². The molecule has 0 aliphatic heterocycles. The number of carbonyl (C=O) groups is 1. The molecular weight excluding hydrogens is 536 g/mol. The zero-order valence-electron chi connectivity index (χ0n) is 23.3. The number of aromatic nitrogens is 3. The molecule has 12 heteroatoms. The number of nitrogens with one attached hydrogen (secondary N) is 4. The molecule has 1 fully saturated rings. The number of alkyl carbamates (subject to hydrolysis) is 1. The predicted octanol–water partition coefficient (Wildman–Crippen LogP) is 5.82. The molecule has 1 aliphatic carbocycles. The van der Waals surface area contributed by atoms with Gasteiger partial charge in [0.2, 0.25) is 10.0 Å². The maximum Gasteiger partial charge on any atom is 0.407 e. The smallest absolute Gasteiger partial charge is 0.407 e. The number of aromatic amines is 1. The Morgan fingerprint density at radius 3 is 2.49 bits per heavy atom. The average molecular weight is 575 g/mol. The second-order valence-electron chi connectivity index (χ2n) is 11.3. The molecule has 0 bridgehead atoms. The highest BCUT2D eigenvalue weighted by atomic mass is 32.2. The normalized spacial score (nSPS) is 18.2. The van der Waals surface area contributed by atoms with Gasteiger partial charge in [-0.15, -0.1) is 11.3 Å². The van der Waals surface area contributed by atoms with Crippen LogP contribution in [0.2, 0.25) is 0 Å². The zero-order valence-corrected chi connectivity index (χ0v) is 24.9. The third-order valence-corrected chi connectivity index (χ3v) is 9.21. The molecule has 1 aliphatic rings. The van der Waals surface area contributed by atoms with Crippen LogP contribution in [0, 0.1) is 6.92 Å². The summed E-state index contributed by atoms with van der Waals surface area (Å²) in [5.41, 5.74) is 1.47. The van der Waals surface area contributed by atoms with E-state index in [0.717, 1.165) is 41.3 Å². The van der Waals surface area contributed by atoms with Crippen LogP contribution in [-0.2, 0) is 14.8 Å². The van der Waals surface area contributed by atoms with Gasteiger partial charge in [0.25, 0.3) is 0 Å². The number of hydrogen-bond donors (Lipinski definition) is 4. The Labute approximate surface area is 234 Å². The number of thiazole rings is 1. The topological polar surface area (TPSA) is 138 Å². The van der Waals surface area contributed by atoms with Crippen LogP contribution in [-0.4, -0.2) is 47.4 Å². The molecule has 39 heavy (non-hydrogen) atoms. The lowest BCUT2D eigenvalue weighted by atomic mass is 9.86. The average Bonchev–Trinajstić information content (AvgIpc) is 3.47. The maximum atomic E-state index is 13.5. The summed E-state index contributed by atoms with van der Waals surface area (Å²) in [6.45, 7) is 11.0. The first-order valence-corrected chi connectivity index (χ1v) is 15.5. The van der Waals surface area contributed by atoms with E-state index in [0.29, 0.717) is 17.1 Å². The van der Waals surface area contributed by atoms with Gasteiger partial charge in [-0.1, -0.05) is 6.07 Å². The van der Waals surface area contributed by atoms with Crippen LogP contribution >= 0.6 is 11.3 Å². The van der Waals surface area contributed by atoms with Crippen molar-refractivity contribution < 1.29 is 17.9 Å². The Bertz CT molecular complexity index is 1400. The van der Waals surface area contributed by atoms with Crippen molar-refractivity contribution in [2.75, 3.05) is 5.32 Å². The quantitative estimate of drug-likeness (QED) is 0.266. The van der Waals surface area contributed by atoms with Crippen LogP contribution in [0.3, 0.4) is 0 Å². The molecule has 2 heterocycles. The van der Waals surface area contributed by atoms with E-state index >= 15 is 0 Å². The van der Waals surface area contributed by atoms with Crippen LogP contribution in [0.1, 0.15) is 76.9 Å². The summed E-state index contributed by atoms with van der Waals surface area (Å²) in [5, 5.41) is 14.2. The van der Waals surface area contributed by atoms with E-state index < -0.39 is 15.6 Å². The van der Waals surface area contributed by atoms with Crippen molar-refractivity contribution in [2.24, 2.45) is 0 Å². The number of ether oxygens (including phenoxy) is 1. The molecule has 2 aromatic heterocycles. The van der Waals surface area contributed by atoms with Crippen molar-refractivity contribution in [1.82, 2.24) is 25.2 Å². The van der Waals surface area contributed by atoms with Crippen molar-refractivity contribution in [2.45, 2.75) is 95.7 Å². The monoisotopic (exact) mass is 574 g/mol. The van der Waals surface area contributed by atoms with Crippen LogP contribution in [0.4, 0.5) is 16.3 Å². The minimum atomic E-state index is -3.84. The van der Waals surface area contributed by atoms with Crippen molar-refractivity contribution in [1.29, 1.82) is 0 Å². The second-order valence-corrected chi connectivity index (χ2v) is 14.1. The number of anilines is 2. The summed E-state index contributed by atoms with van der Waals surface area (Å²) in [7, 11) is -3.84. The number of nitrogens with zero attached hydrogens (tertiary/aromatic N) is 2. The standard InChI is InChI=1S/C27H38N6O4S2/c1-16(2)37-26(34)30-19-9-7-18(8-10-19)25-28-15-22(38-25)21-12-11-20(29-24-13-17(3)31-32-24)14-23(21)39(35,36)33-27(4,5)6/h11-16,18-19,33H,7-10H2,1-6H3,(H,30,34)(H2,29,31,32). The molecular formula is C27H38N6O4S2. The van der Waals surface area contributed by atoms with Crippen LogP contribution in [0.15, 0.2) is 35.4 Å². The second kappa shape index (κ2) is 11.6. The van der Waals surface area contributed by atoms with Crippen molar-refractivity contribution >= 4 is 39.0 Å². The van der Waals surface area contributed by atoms with E-state index in [9.17, 15) is 13.2 Å². The lowest BCUT2D eigenvalue weighted by Gasteiger charge is -2.28. The van der Waals surface area contributed by atoms with E-state index in [1.807, 2.05) is 59.7 Å². The molecule has 3 aromatic rings. The Hall–Kier alpha value is -2.96. The zero-order chi connectivity index (χ0) is 28.4. The molecule has 1 amide bonds. The fourth-order valence-corrected chi connectivity index (χ4v) is 7.47. The van der Waals surface area contributed by atoms with E-state index in [1.165, 1.54) is 11.3 Å². The van der Waals surface area contributed by atoms with Gasteiger partial charge >= 0.3 is 6.09 Å². The maximum absolute atomic E-state index is 13.5. The first-order valence-electron chi connectivity index (χ1n) is 13.2. The Kier molecular flexibility index (Phi) is 8.67. The lowest BCUT2D eigenvalue weighted by molar-refractivity contribution is 0.109. The van der Waals surface area contributed by atoms with E-state index in [1.54, 1.807) is 12.3 Å². The third-order valence-electron chi connectivity index (χ3n) is 6.22. The van der Waals surface area contributed by atoms with E-state index in [2.05, 4.69) is 25.6 Å². The highest BCUT2D eigenvalue weighted by Crippen LogP contribution is 2.40. The summed E-state index contributed by atoms with van der Waals surface area (Å²) in [5.74, 6) is 0.870. The number of amides is 1. The molecule has 4 N–H and O–H groups in total. The Morgan fingerprint density at radius 2 is 1.87 bits per heavy atom. The molecule has 10 nitrogen and oxygen atoms in total. The summed E-state index contributed by atoms with van der Waals surface area (Å²) in [6.07, 6.45) is 4.71. The van der Waals surface area contributed by atoms with Gasteiger partial charge in [0, 0.05) is 46.7 Å². The number of sulfonamides is 1. The van der Waals surface area contributed by atoms with Gasteiger partial charge in [-0.3, -0.25) is 5.10 Å². The largest absolute Gasteiger partial charge is 0.447 e. The molecule has 212 valence electrons. The number of H-pyrrole nitrogens is 1. The van der Waals surface area contributed by atoms with Crippen LogP contribution in [0.25, 0.3) is 10.4 Å². The predicted molar refractivity (Wildman–Crippen MR) is 154 cm³/mol. The van der Waals surface area contributed by atoms with Gasteiger partial charge in [-0.05, 0) is 79.4 Å². The number of carbonyl (C=O) groups excluding carboxylic acids is 1. The van der Waals surface area contributed by atoms with Gasteiger partial charge in [-0.2, -0.15) is 5.10 Å². The molecule has 0 unspecified atom stereocenters. The Balaban J connectivity index is 1.55. The van der Waals surface area contributed by atoms with Crippen LogP contribution < -0.4 is 15.4 Å². The highest BCUT2D eigenvalue weighted by molar-refractivity contribution is 7.89. The first kappa shape index (κ1) is 29.0. The van der Waals surface area contributed by atoms with E-state index in [-0.39, 0.29) is 29.1 Å². The summed E-state index contributed by atoms with van der Waals surface area (Å²) in [4.78, 5) is 17.6. The van der Waals surface area contributed by atoms with Gasteiger partial charge in [0.15, 0.2) is 5.82 Å². The summed E-state index contributed by atoms with van der Waals surface area (Å²) in [6, 6.07) is 7.24. The van der Waals surface area contributed by atoms with Crippen molar-refractivity contribution in [3.8, 4) is 10.4 Å². The third kappa shape index (κ3) is 7.80. The molecule has 0 atom stereocenters. The fraction of sp³-hybridized carbons (Fsp3) is 0.519. The first-order chi connectivity index (χ1) is 18.3. The number of benzene rings is 1. The molecule has 1 saturated carbocycles. The number of rotatable bonds is 8. The molecule has 0 spiro atoms. The van der Waals surface area contributed by atoms with Crippen LogP contribution in [0.5, 0.6) is 0 Å². The van der Waals surface area contributed by atoms with Crippen molar-refractivity contribution in [3.05, 3.63) is 41.2 Å². The minimum Gasteiger partial charge on any atom is -0.447 e. The molecule has 0 radical (unpaired) electrons. The van der Waals surface area contributed by atoms with Crippen molar-refractivity contribution in [3.63, 3.8) is 0 Å². The Morgan fingerprint density at radius 1 is 1.15 bits per heavy atom. The summed E-state index contributed by atoms with van der Waals surface area (Å²) >= 11 is 1.52. The van der Waals surface area contributed by atoms with E-state index in [4.69, 9.17) is 9.72 Å². The van der Waals surface area contributed by atoms with Gasteiger partial charge in [0.05, 0.1) is 20.9 Å². The number of aryl methyl sites for hydroxylation is 1. The molecule has 1 aromatic carbocycles. The molecule has 0 saturated heterocycles. The lowest BCUT2D eigenvalue weighted by Crippen LogP contribution is -2.40.